The molecule has 2 rings (SSSR count). The van der Waals surface area contributed by atoms with Crippen LogP contribution in [0.5, 0.6) is 0 Å². The van der Waals surface area contributed by atoms with E-state index in [1.54, 1.807) is 6.92 Å². The zero-order valence-electron chi connectivity index (χ0n) is 13.5. The third-order valence-corrected chi connectivity index (χ3v) is 3.91. The number of nitrogens with one attached hydrogen (secondary N) is 1. The topological polar surface area (TPSA) is 12.0 Å². The normalized spacial score (nSPS) is 15.0. The molecule has 0 unspecified atom stereocenters. The second-order valence-corrected chi connectivity index (χ2v) is 5.86. The molecule has 0 aliphatic carbocycles. The van der Waals surface area contributed by atoms with E-state index in [1.165, 1.54) is 6.92 Å². The number of benzene rings is 2. The van der Waals surface area contributed by atoms with Crippen molar-refractivity contribution in [2.24, 2.45) is 0 Å². The Morgan fingerprint density at radius 2 is 1.12 bits per heavy atom. The van der Waals surface area contributed by atoms with Gasteiger partial charge in [0, 0.05) is 12.1 Å². The van der Waals surface area contributed by atoms with E-state index in [4.69, 9.17) is 0 Å². The van der Waals surface area contributed by atoms with Crippen LogP contribution in [0.3, 0.4) is 0 Å². The third-order valence-electron chi connectivity index (χ3n) is 3.91. The molecule has 136 valence electrons. The first kappa shape index (κ1) is 19.3. The minimum absolute atomic E-state index is 0.0649. The molecule has 7 heteroatoms. The summed E-state index contributed by atoms with van der Waals surface area (Å²) in [7, 11) is 0. The van der Waals surface area contributed by atoms with Gasteiger partial charge in [-0.25, -0.2) is 0 Å². The molecule has 1 nitrogen and oxygen atoms in total. The van der Waals surface area contributed by atoms with Crippen molar-refractivity contribution in [1.82, 2.24) is 5.32 Å². The lowest BCUT2D eigenvalue weighted by Gasteiger charge is -2.23. The summed E-state index contributed by atoms with van der Waals surface area (Å²) in [6, 6.07) is 9.82. The molecule has 0 radical (unpaired) electrons. The summed E-state index contributed by atoms with van der Waals surface area (Å²) >= 11 is 0. The Hall–Kier alpha value is -2.02. The number of rotatable bonds is 4. The molecule has 0 aliphatic rings. The van der Waals surface area contributed by atoms with Gasteiger partial charge in [0.1, 0.15) is 0 Å². The van der Waals surface area contributed by atoms with Crippen LogP contribution in [0, 0.1) is 0 Å². The molecule has 2 aromatic rings. The summed E-state index contributed by atoms with van der Waals surface area (Å²) in [6.45, 7) is 3.33. The molecule has 0 aliphatic heterocycles. The van der Waals surface area contributed by atoms with Crippen LogP contribution < -0.4 is 5.32 Å². The van der Waals surface area contributed by atoms with Crippen molar-refractivity contribution in [3.8, 4) is 0 Å². The average molecular weight is 361 g/mol. The van der Waals surface area contributed by atoms with E-state index in [9.17, 15) is 26.3 Å². The van der Waals surface area contributed by atoms with Gasteiger partial charge in [-0.3, -0.25) is 0 Å². The van der Waals surface area contributed by atoms with Gasteiger partial charge in [-0.1, -0.05) is 30.3 Å². The first-order valence-corrected chi connectivity index (χ1v) is 7.59. The van der Waals surface area contributed by atoms with Crippen molar-refractivity contribution in [2.75, 3.05) is 0 Å². The van der Waals surface area contributed by atoms with Gasteiger partial charge in [0.25, 0.3) is 0 Å². The number of hydrogen-bond donors (Lipinski definition) is 1. The van der Waals surface area contributed by atoms with Crippen LogP contribution in [-0.2, 0) is 12.4 Å². The van der Waals surface area contributed by atoms with Gasteiger partial charge in [0.05, 0.1) is 11.1 Å². The van der Waals surface area contributed by atoms with Gasteiger partial charge in [0.15, 0.2) is 0 Å². The number of alkyl halides is 6. The first-order valence-electron chi connectivity index (χ1n) is 7.59. The molecule has 2 atom stereocenters. The molecule has 0 heterocycles. The zero-order valence-corrected chi connectivity index (χ0v) is 13.5. The van der Waals surface area contributed by atoms with E-state index in [1.807, 2.05) is 30.3 Å². The highest BCUT2D eigenvalue weighted by Crippen LogP contribution is 2.37. The van der Waals surface area contributed by atoms with Crippen molar-refractivity contribution in [1.29, 1.82) is 0 Å². The van der Waals surface area contributed by atoms with Gasteiger partial charge in [-0.15, -0.1) is 0 Å². The number of hydrogen-bond acceptors (Lipinski definition) is 1. The monoisotopic (exact) mass is 361 g/mol. The SMILES string of the molecule is C[C@@H](N[C@H](C)c1cc(C(F)(F)F)cc(C(F)(F)F)c1)c1ccccc1. The van der Waals surface area contributed by atoms with Gasteiger partial charge >= 0.3 is 12.4 Å². The molecule has 0 bridgehead atoms. The minimum Gasteiger partial charge on any atom is -0.304 e. The van der Waals surface area contributed by atoms with E-state index >= 15 is 0 Å². The van der Waals surface area contributed by atoms with Crippen LogP contribution in [0.25, 0.3) is 0 Å². The molecule has 2 aromatic carbocycles. The summed E-state index contributed by atoms with van der Waals surface area (Å²) in [6.07, 6.45) is -9.69. The van der Waals surface area contributed by atoms with Crippen LogP contribution in [0.4, 0.5) is 26.3 Å². The Morgan fingerprint density at radius 1 is 0.680 bits per heavy atom. The second-order valence-electron chi connectivity index (χ2n) is 5.86. The summed E-state index contributed by atoms with van der Waals surface area (Å²) in [5.74, 6) is 0. The predicted octanol–water partition coefficient (Wildman–Crippen LogP) is 6.14. The highest BCUT2D eigenvalue weighted by molar-refractivity contribution is 5.35. The van der Waals surface area contributed by atoms with Crippen LogP contribution in [0.1, 0.15) is 48.2 Å². The fourth-order valence-corrected chi connectivity index (χ4v) is 2.54. The molecule has 0 saturated carbocycles. The van der Waals surface area contributed by atoms with Crippen LogP contribution >= 0.6 is 0 Å². The Kier molecular flexibility index (Phi) is 5.46. The second kappa shape index (κ2) is 7.07. The Morgan fingerprint density at radius 3 is 1.56 bits per heavy atom. The maximum Gasteiger partial charge on any atom is 0.416 e. The van der Waals surface area contributed by atoms with Crippen LogP contribution in [-0.4, -0.2) is 0 Å². The molecule has 0 aromatic heterocycles. The van der Waals surface area contributed by atoms with E-state index in [2.05, 4.69) is 5.32 Å². The minimum atomic E-state index is -4.85. The third kappa shape index (κ3) is 4.98. The van der Waals surface area contributed by atoms with Gasteiger partial charge in [-0.05, 0) is 43.2 Å². The Bertz CT molecular complexity index is 673. The van der Waals surface area contributed by atoms with E-state index in [-0.39, 0.29) is 17.7 Å². The van der Waals surface area contributed by atoms with Gasteiger partial charge in [-0.2, -0.15) is 26.3 Å². The maximum absolute atomic E-state index is 12.9. The molecular weight excluding hydrogens is 344 g/mol. The smallest absolute Gasteiger partial charge is 0.304 e. The summed E-state index contributed by atoms with van der Waals surface area (Å²) in [5.41, 5.74) is -1.79. The fourth-order valence-electron chi connectivity index (χ4n) is 2.54. The van der Waals surface area contributed by atoms with E-state index < -0.39 is 29.5 Å². The molecule has 0 saturated heterocycles. The largest absolute Gasteiger partial charge is 0.416 e. The van der Waals surface area contributed by atoms with Gasteiger partial charge < -0.3 is 5.32 Å². The van der Waals surface area contributed by atoms with Crippen LogP contribution in [0.15, 0.2) is 48.5 Å². The molecule has 0 fully saturated rings. The molecule has 0 amide bonds. The number of halogens is 6. The van der Waals surface area contributed by atoms with Crippen molar-refractivity contribution in [2.45, 2.75) is 38.3 Å². The lowest BCUT2D eigenvalue weighted by molar-refractivity contribution is -0.143. The average Bonchev–Trinajstić information content (AvgIpc) is 2.53. The molecule has 25 heavy (non-hydrogen) atoms. The first-order chi connectivity index (χ1) is 11.5. The molecular formula is C18H17F6N. The Balaban J connectivity index is 2.33. The summed E-state index contributed by atoms with van der Waals surface area (Å²) in [4.78, 5) is 0. The predicted molar refractivity (Wildman–Crippen MR) is 82.9 cm³/mol. The zero-order chi connectivity index (χ0) is 18.8. The molecule has 0 spiro atoms. The van der Waals surface area contributed by atoms with Crippen molar-refractivity contribution < 1.29 is 26.3 Å². The lowest BCUT2D eigenvalue weighted by atomic mass is 9.99. The van der Waals surface area contributed by atoms with Crippen molar-refractivity contribution in [3.63, 3.8) is 0 Å². The van der Waals surface area contributed by atoms with E-state index in [0.717, 1.165) is 17.7 Å². The summed E-state index contributed by atoms with van der Waals surface area (Å²) < 4.78 is 77.6. The quantitative estimate of drug-likeness (QED) is 0.646. The standard InChI is InChI=1S/C18H17F6N/c1-11(13-6-4-3-5-7-13)25-12(2)14-8-15(17(19,20)21)10-16(9-14)18(22,23)24/h3-12,25H,1-2H3/t11-,12-/m1/s1. The highest BCUT2D eigenvalue weighted by atomic mass is 19.4. The van der Waals surface area contributed by atoms with Crippen molar-refractivity contribution in [3.05, 3.63) is 70.8 Å². The molecule has 1 N–H and O–H groups in total. The Labute approximate surface area is 141 Å². The van der Waals surface area contributed by atoms with E-state index in [0.29, 0.717) is 0 Å². The summed E-state index contributed by atoms with van der Waals surface area (Å²) in [5, 5.41) is 3.04. The van der Waals surface area contributed by atoms with Gasteiger partial charge in [0.2, 0.25) is 0 Å². The van der Waals surface area contributed by atoms with Crippen LogP contribution in [0.2, 0.25) is 0 Å². The van der Waals surface area contributed by atoms with Crippen molar-refractivity contribution >= 4 is 0 Å². The highest BCUT2D eigenvalue weighted by Gasteiger charge is 2.37. The fraction of sp³-hybridized carbons (Fsp3) is 0.333. The maximum atomic E-state index is 12.9. The lowest BCUT2D eigenvalue weighted by Crippen LogP contribution is -2.23.